The second kappa shape index (κ2) is 5.63. The molecule has 0 spiro atoms. The van der Waals surface area contributed by atoms with Crippen LogP contribution in [0, 0.1) is 5.82 Å². The molecule has 0 bridgehead atoms. The fourth-order valence-electron chi connectivity index (χ4n) is 1.57. The van der Waals surface area contributed by atoms with Crippen molar-refractivity contribution in [3.05, 3.63) is 56.4 Å². The van der Waals surface area contributed by atoms with Crippen LogP contribution in [0.2, 0.25) is 0 Å². The third-order valence-corrected chi connectivity index (χ3v) is 4.35. The van der Waals surface area contributed by atoms with Gasteiger partial charge in [0.25, 0.3) is 5.91 Å². The van der Waals surface area contributed by atoms with Gasteiger partial charge in [-0.1, -0.05) is 18.2 Å². The Labute approximate surface area is 117 Å². The van der Waals surface area contributed by atoms with E-state index >= 15 is 0 Å². The highest BCUT2D eigenvalue weighted by molar-refractivity contribution is 9.10. The predicted octanol–water partition coefficient (Wildman–Crippen LogP) is 3.92. The van der Waals surface area contributed by atoms with E-state index in [0.717, 1.165) is 4.47 Å². The third kappa shape index (κ3) is 2.79. The molecule has 0 aliphatic heterocycles. The molecule has 1 amide bonds. The van der Waals surface area contributed by atoms with Crippen LogP contribution in [0.25, 0.3) is 0 Å². The summed E-state index contributed by atoms with van der Waals surface area (Å²) in [6.45, 7) is 0.260. The van der Waals surface area contributed by atoms with Crippen LogP contribution in [0.3, 0.4) is 0 Å². The SMILES string of the molecule is CN(Cc1ccccc1F)C(=O)c1sccc1Br. The number of carbonyl (C=O) groups is 1. The van der Waals surface area contributed by atoms with Gasteiger partial charge in [0, 0.05) is 23.6 Å². The summed E-state index contributed by atoms with van der Waals surface area (Å²) in [4.78, 5) is 14.3. The normalized spacial score (nSPS) is 10.4. The second-order valence-electron chi connectivity index (χ2n) is 3.85. The number of nitrogens with zero attached hydrogens (tertiary/aromatic N) is 1. The molecule has 0 radical (unpaired) electrons. The molecule has 18 heavy (non-hydrogen) atoms. The monoisotopic (exact) mass is 327 g/mol. The van der Waals surface area contributed by atoms with Crippen molar-refractivity contribution in [1.82, 2.24) is 4.90 Å². The van der Waals surface area contributed by atoms with Crippen molar-refractivity contribution < 1.29 is 9.18 Å². The number of rotatable bonds is 3. The van der Waals surface area contributed by atoms with E-state index in [9.17, 15) is 9.18 Å². The van der Waals surface area contributed by atoms with E-state index < -0.39 is 0 Å². The van der Waals surface area contributed by atoms with Gasteiger partial charge in [0.2, 0.25) is 0 Å². The van der Waals surface area contributed by atoms with E-state index in [1.165, 1.54) is 22.3 Å². The van der Waals surface area contributed by atoms with Crippen molar-refractivity contribution in [3.63, 3.8) is 0 Å². The number of carbonyl (C=O) groups excluding carboxylic acids is 1. The minimum absolute atomic E-state index is 0.111. The summed E-state index contributed by atoms with van der Waals surface area (Å²) < 4.78 is 14.3. The Morgan fingerprint density at radius 1 is 1.39 bits per heavy atom. The Morgan fingerprint density at radius 3 is 2.72 bits per heavy atom. The second-order valence-corrected chi connectivity index (χ2v) is 5.62. The lowest BCUT2D eigenvalue weighted by Gasteiger charge is -2.17. The maximum absolute atomic E-state index is 13.5. The number of halogens is 2. The molecule has 0 fully saturated rings. The smallest absolute Gasteiger partial charge is 0.265 e. The number of hydrogen-bond acceptors (Lipinski definition) is 2. The van der Waals surface area contributed by atoms with Crippen molar-refractivity contribution >= 4 is 33.2 Å². The molecule has 5 heteroatoms. The standard InChI is InChI=1S/C13H11BrFNOS/c1-16(8-9-4-2-3-5-11(9)15)13(17)12-10(14)6-7-18-12/h2-7H,8H2,1H3. The third-order valence-electron chi connectivity index (χ3n) is 2.52. The fraction of sp³-hybridized carbons (Fsp3) is 0.154. The van der Waals surface area contributed by atoms with E-state index in [2.05, 4.69) is 15.9 Å². The molecule has 0 aliphatic rings. The van der Waals surface area contributed by atoms with Crippen LogP contribution in [0.5, 0.6) is 0 Å². The lowest BCUT2D eigenvalue weighted by atomic mass is 10.2. The molecule has 2 aromatic rings. The van der Waals surface area contributed by atoms with Crippen molar-refractivity contribution in [3.8, 4) is 0 Å². The topological polar surface area (TPSA) is 20.3 Å². The molecule has 0 unspecified atom stereocenters. The Balaban J connectivity index is 2.14. The van der Waals surface area contributed by atoms with E-state index in [-0.39, 0.29) is 18.3 Å². The first-order valence-electron chi connectivity index (χ1n) is 5.31. The van der Waals surface area contributed by atoms with Gasteiger partial charge in [-0.15, -0.1) is 11.3 Å². The van der Waals surface area contributed by atoms with Crippen molar-refractivity contribution in [2.45, 2.75) is 6.54 Å². The summed E-state index contributed by atoms with van der Waals surface area (Å²) in [5.74, 6) is -0.400. The van der Waals surface area contributed by atoms with Gasteiger partial charge >= 0.3 is 0 Å². The first-order valence-corrected chi connectivity index (χ1v) is 6.98. The van der Waals surface area contributed by atoms with Crippen LogP contribution in [0.15, 0.2) is 40.2 Å². The first kappa shape index (κ1) is 13.2. The summed E-state index contributed by atoms with van der Waals surface area (Å²) >= 11 is 4.69. The summed E-state index contributed by atoms with van der Waals surface area (Å²) in [5, 5.41) is 1.84. The number of hydrogen-bond donors (Lipinski definition) is 0. The van der Waals surface area contributed by atoms with Gasteiger partial charge in [-0.3, -0.25) is 4.79 Å². The van der Waals surface area contributed by atoms with Gasteiger partial charge in [0.15, 0.2) is 0 Å². The number of amides is 1. The van der Waals surface area contributed by atoms with E-state index in [4.69, 9.17) is 0 Å². The highest BCUT2D eigenvalue weighted by atomic mass is 79.9. The summed E-state index contributed by atoms with van der Waals surface area (Å²) in [6, 6.07) is 8.31. The van der Waals surface area contributed by atoms with Crippen molar-refractivity contribution in [2.24, 2.45) is 0 Å². The molecule has 1 aromatic heterocycles. The average molecular weight is 328 g/mol. The summed E-state index contributed by atoms with van der Waals surface area (Å²) in [6.07, 6.45) is 0. The average Bonchev–Trinajstić information content (AvgIpc) is 2.77. The Hall–Kier alpha value is -1.20. The van der Waals surface area contributed by atoms with E-state index in [1.54, 1.807) is 25.2 Å². The lowest BCUT2D eigenvalue weighted by Crippen LogP contribution is -2.26. The van der Waals surface area contributed by atoms with Crippen LogP contribution < -0.4 is 0 Å². The quantitative estimate of drug-likeness (QED) is 0.836. The molecule has 2 nitrogen and oxygen atoms in total. The lowest BCUT2D eigenvalue weighted by molar-refractivity contribution is 0.0788. The number of thiophene rings is 1. The first-order chi connectivity index (χ1) is 8.59. The zero-order valence-corrected chi connectivity index (χ0v) is 12.1. The van der Waals surface area contributed by atoms with Gasteiger partial charge in [-0.2, -0.15) is 0 Å². The largest absolute Gasteiger partial charge is 0.337 e. The molecule has 0 aliphatic carbocycles. The Morgan fingerprint density at radius 2 is 2.11 bits per heavy atom. The molecule has 0 saturated carbocycles. The van der Waals surface area contributed by atoms with E-state index in [1.807, 2.05) is 11.4 Å². The van der Waals surface area contributed by atoms with Gasteiger partial charge in [0.1, 0.15) is 10.7 Å². The van der Waals surface area contributed by atoms with Gasteiger partial charge in [0.05, 0.1) is 0 Å². The van der Waals surface area contributed by atoms with Crippen LogP contribution in [-0.4, -0.2) is 17.9 Å². The molecule has 1 aromatic carbocycles. The molecule has 0 atom stereocenters. The zero-order chi connectivity index (χ0) is 13.1. The molecule has 0 saturated heterocycles. The highest BCUT2D eigenvalue weighted by Crippen LogP contribution is 2.24. The van der Waals surface area contributed by atoms with E-state index in [0.29, 0.717) is 10.4 Å². The highest BCUT2D eigenvalue weighted by Gasteiger charge is 2.17. The van der Waals surface area contributed by atoms with Gasteiger partial charge in [-0.05, 0) is 33.4 Å². The molecule has 0 N–H and O–H groups in total. The predicted molar refractivity (Wildman–Crippen MR) is 74.2 cm³/mol. The van der Waals surface area contributed by atoms with Crippen LogP contribution in [0.4, 0.5) is 4.39 Å². The maximum atomic E-state index is 13.5. The van der Waals surface area contributed by atoms with Crippen LogP contribution in [0.1, 0.15) is 15.2 Å². The van der Waals surface area contributed by atoms with Gasteiger partial charge < -0.3 is 4.90 Å². The van der Waals surface area contributed by atoms with Crippen LogP contribution >= 0.6 is 27.3 Å². The molecule has 94 valence electrons. The minimum atomic E-state index is -0.289. The number of benzene rings is 1. The molecular weight excluding hydrogens is 317 g/mol. The summed E-state index contributed by atoms with van der Waals surface area (Å²) in [5.41, 5.74) is 0.515. The zero-order valence-electron chi connectivity index (χ0n) is 9.69. The van der Waals surface area contributed by atoms with Crippen molar-refractivity contribution in [2.75, 3.05) is 7.05 Å². The molecular formula is C13H11BrFNOS. The maximum Gasteiger partial charge on any atom is 0.265 e. The summed E-state index contributed by atoms with van der Waals surface area (Å²) in [7, 11) is 1.67. The van der Waals surface area contributed by atoms with Crippen LogP contribution in [-0.2, 0) is 6.54 Å². The minimum Gasteiger partial charge on any atom is -0.337 e. The van der Waals surface area contributed by atoms with Crippen molar-refractivity contribution in [1.29, 1.82) is 0 Å². The Kier molecular flexibility index (Phi) is 4.14. The molecule has 1 heterocycles. The fourth-order valence-corrected chi connectivity index (χ4v) is 3.11. The van der Waals surface area contributed by atoms with Gasteiger partial charge in [-0.25, -0.2) is 4.39 Å². The Bertz CT molecular complexity index is 570. The molecule has 2 rings (SSSR count).